The van der Waals surface area contributed by atoms with Gasteiger partial charge in [-0.3, -0.25) is 33.6 Å². The summed E-state index contributed by atoms with van der Waals surface area (Å²) in [5, 5.41) is 46.8. The number of aromatic amines is 1. The Bertz CT molecular complexity index is 1920. The molecule has 3 aliphatic rings. The van der Waals surface area contributed by atoms with Crippen LogP contribution in [0, 0.1) is 5.92 Å². The van der Waals surface area contributed by atoms with Crippen LogP contribution >= 0.6 is 11.8 Å². The van der Waals surface area contributed by atoms with Gasteiger partial charge in [0.25, 0.3) is 11.5 Å². The average molecular weight is 717 g/mol. The first kappa shape index (κ1) is 34.9. The largest absolute Gasteiger partial charge is 0.481 e. The lowest BCUT2D eigenvalue weighted by Crippen LogP contribution is -2.56. The summed E-state index contributed by atoms with van der Waals surface area (Å²) in [6, 6.07) is -1.08. The Balaban J connectivity index is 1.09. The maximum Gasteiger partial charge on any atom is 0.320 e. The number of nitrogens with one attached hydrogen (secondary N) is 3. The highest BCUT2D eigenvalue weighted by Gasteiger charge is 2.47. The van der Waals surface area contributed by atoms with Gasteiger partial charge >= 0.3 is 11.9 Å². The smallest absolute Gasteiger partial charge is 0.320 e. The number of hydrogen-bond acceptors (Lipinski definition) is 17. The number of anilines is 3. The van der Waals surface area contributed by atoms with Crippen molar-refractivity contribution < 1.29 is 39.5 Å². The van der Waals surface area contributed by atoms with Gasteiger partial charge in [0.1, 0.15) is 35.8 Å². The number of aliphatic hydroxyl groups is 2. The summed E-state index contributed by atoms with van der Waals surface area (Å²) in [4.78, 5) is 74.5. The molecular weight excluding hydrogens is 680 g/mol. The summed E-state index contributed by atoms with van der Waals surface area (Å²) in [6.07, 6.45) is -2.19. The van der Waals surface area contributed by atoms with Crippen LogP contribution in [-0.2, 0) is 19.1 Å². The van der Waals surface area contributed by atoms with E-state index >= 15 is 0 Å². The number of nitrogens with zero attached hydrogens (tertiary/aromatic N) is 7. The Morgan fingerprint density at radius 2 is 1.90 bits per heavy atom. The van der Waals surface area contributed by atoms with E-state index in [1.54, 1.807) is 13.8 Å². The van der Waals surface area contributed by atoms with Crippen LogP contribution in [0.15, 0.2) is 22.4 Å². The van der Waals surface area contributed by atoms with E-state index in [-0.39, 0.29) is 66.4 Å². The number of fused-ring (bicyclic) bond motifs is 2. The molecule has 50 heavy (non-hydrogen) atoms. The van der Waals surface area contributed by atoms with Gasteiger partial charge in [-0.1, -0.05) is 0 Å². The van der Waals surface area contributed by atoms with Crippen LogP contribution < -0.4 is 27.7 Å². The monoisotopic (exact) mass is 716 g/mol. The third-order valence-corrected chi connectivity index (χ3v) is 10.4. The van der Waals surface area contributed by atoms with Crippen LogP contribution in [0.3, 0.4) is 0 Å². The minimum absolute atomic E-state index is 0.00548. The fourth-order valence-corrected chi connectivity index (χ4v) is 7.81. The molecule has 2 fully saturated rings. The summed E-state index contributed by atoms with van der Waals surface area (Å²) in [7, 11) is 0. The maximum atomic E-state index is 13.2. The predicted octanol–water partition coefficient (Wildman–Crippen LogP) is -2.25. The molecule has 11 N–H and O–H groups in total. The Hall–Kier alpha value is -4.90. The zero-order valence-electron chi connectivity index (χ0n) is 26.8. The summed E-state index contributed by atoms with van der Waals surface area (Å²) >= 11 is 1.14. The van der Waals surface area contributed by atoms with Crippen molar-refractivity contribution >= 4 is 69.8 Å². The molecule has 0 bridgehead atoms. The third-order valence-electron chi connectivity index (χ3n) is 8.91. The lowest BCUT2D eigenvalue weighted by molar-refractivity contribution is -0.151. The number of rotatable bonds is 10. The predicted molar refractivity (Wildman–Crippen MR) is 178 cm³/mol. The number of likely N-dealkylation sites (tertiary alicyclic amines) is 1. The van der Waals surface area contributed by atoms with Gasteiger partial charge in [-0.05, 0) is 20.3 Å². The lowest BCUT2D eigenvalue weighted by atomic mass is 9.92. The molecule has 6 heterocycles. The first-order valence-electron chi connectivity index (χ1n) is 15.5. The minimum Gasteiger partial charge on any atom is -0.481 e. The van der Waals surface area contributed by atoms with E-state index in [4.69, 9.17) is 16.2 Å². The molecule has 0 spiro atoms. The third kappa shape index (κ3) is 6.54. The van der Waals surface area contributed by atoms with E-state index in [1.165, 1.54) is 22.1 Å². The van der Waals surface area contributed by atoms with E-state index in [9.17, 15) is 39.6 Å². The number of ether oxygens (including phenoxy) is 1. The second kappa shape index (κ2) is 13.4. The summed E-state index contributed by atoms with van der Waals surface area (Å²) in [5.41, 5.74) is 10.2. The number of aromatic nitrogens is 6. The van der Waals surface area contributed by atoms with Crippen molar-refractivity contribution in [3.8, 4) is 0 Å². The maximum absolute atomic E-state index is 13.2. The zero-order chi connectivity index (χ0) is 36.1. The molecule has 3 aromatic rings. The molecule has 1 amide bonds. The molecule has 0 radical (unpaired) electrons. The van der Waals surface area contributed by atoms with Gasteiger partial charge in [-0.2, -0.15) is 16.7 Å². The Kier molecular flexibility index (Phi) is 9.39. The highest BCUT2D eigenvalue weighted by atomic mass is 32.2. The van der Waals surface area contributed by atoms with Gasteiger partial charge in [-0.25, -0.2) is 19.9 Å². The number of aliphatic hydroxyl groups excluding tert-OH is 2. The van der Waals surface area contributed by atoms with Crippen molar-refractivity contribution in [1.29, 1.82) is 0 Å². The standard InChI is InChI=1S/C28H36N12O9S/c1-28(2)18(35-15-20(38-28)36-27(30)37-22(15)43)23(44)31-3-4-39-6-10(25(45)46)13(5-11(39)26(47)48)50-7-12-16(41)17(42)24(49-12)40-9-34-14-19(29)32-8-33-21(14)40/h8-13,16-17,24,41-42H,3-7H2,1-2H3,(H,31,44)(H,45,46)(H,47,48)(H2,29,32,33)(H4,30,36,37,38,43)/t10?,11?,12-,13?,16?,17?,24-/m1/s1. The summed E-state index contributed by atoms with van der Waals surface area (Å²) in [6.45, 7) is 3.15. The number of carbonyl (C=O) groups is 3. The van der Waals surface area contributed by atoms with Crippen LogP contribution in [0.2, 0.25) is 0 Å². The van der Waals surface area contributed by atoms with Gasteiger partial charge in [-0.15, -0.1) is 0 Å². The van der Waals surface area contributed by atoms with Gasteiger partial charge < -0.3 is 47.3 Å². The van der Waals surface area contributed by atoms with Gasteiger partial charge in [0, 0.05) is 30.6 Å². The SMILES string of the molecule is CC1(C)Nc2nc(N)[nH]c(=O)c2N=C1C(=O)NCCN1CC(C(=O)O)C(SC[C@H]2O[C@@H](n3cnc4c(N)ncnc43)C(O)C2O)CC1C(=O)O. The molecule has 5 unspecified atom stereocenters. The molecular formula is C28H36N12O9S. The van der Waals surface area contributed by atoms with Crippen LogP contribution in [0.4, 0.5) is 23.3 Å². The summed E-state index contributed by atoms with van der Waals surface area (Å²) in [5.74, 6) is -3.75. The van der Waals surface area contributed by atoms with Crippen LogP contribution in [0.1, 0.15) is 26.5 Å². The summed E-state index contributed by atoms with van der Waals surface area (Å²) < 4.78 is 7.40. The first-order valence-corrected chi connectivity index (χ1v) is 16.5. The molecule has 0 aliphatic carbocycles. The number of nitrogens with two attached hydrogens (primary N) is 2. The first-order chi connectivity index (χ1) is 23.7. The van der Waals surface area contributed by atoms with Crippen molar-refractivity contribution in [3.05, 3.63) is 23.0 Å². The number of aliphatic imine (C=N–C) groups is 1. The fraction of sp³-hybridized carbons (Fsp3) is 0.536. The number of carboxylic acids is 2. The van der Waals surface area contributed by atoms with Crippen LogP contribution in [-0.4, -0.2) is 139 Å². The van der Waals surface area contributed by atoms with Gasteiger partial charge in [0.05, 0.1) is 23.9 Å². The highest BCUT2D eigenvalue weighted by molar-refractivity contribution is 8.00. The molecule has 0 aromatic carbocycles. The fourth-order valence-electron chi connectivity index (χ4n) is 6.34. The van der Waals surface area contributed by atoms with Crippen LogP contribution in [0.25, 0.3) is 11.2 Å². The van der Waals surface area contributed by atoms with E-state index in [1.807, 2.05) is 0 Å². The number of nitrogen functional groups attached to an aromatic ring is 2. The second-order valence-corrected chi connectivity index (χ2v) is 13.9. The molecule has 22 heteroatoms. The molecule has 2 saturated heterocycles. The molecule has 268 valence electrons. The lowest BCUT2D eigenvalue weighted by Gasteiger charge is -2.40. The molecule has 6 rings (SSSR count). The number of aliphatic carboxylic acids is 2. The number of carboxylic acid groups (broad SMARTS) is 2. The Labute approximate surface area is 286 Å². The van der Waals surface area contributed by atoms with E-state index in [2.05, 4.69) is 40.5 Å². The van der Waals surface area contributed by atoms with Gasteiger partial charge in [0.2, 0.25) is 5.95 Å². The number of H-pyrrole nitrogens is 1. The van der Waals surface area contributed by atoms with Gasteiger partial charge in [0.15, 0.2) is 29.2 Å². The Morgan fingerprint density at radius 1 is 1.14 bits per heavy atom. The molecule has 3 aromatic heterocycles. The van der Waals surface area contributed by atoms with Crippen molar-refractivity contribution in [3.63, 3.8) is 0 Å². The van der Waals surface area contributed by atoms with Crippen molar-refractivity contribution in [1.82, 2.24) is 39.7 Å². The molecule has 3 aliphatic heterocycles. The highest BCUT2D eigenvalue weighted by Crippen LogP contribution is 2.38. The van der Waals surface area contributed by atoms with E-state index in [0.717, 1.165) is 11.8 Å². The van der Waals surface area contributed by atoms with Crippen molar-refractivity contribution in [2.45, 2.75) is 61.6 Å². The topological polar surface area (TPSA) is 322 Å². The zero-order valence-corrected chi connectivity index (χ0v) is 27.6. The number of piperidine rings is 1. The molecule has 21 nitrogen and oxygen atoms in total. The minimum atomic E-state index is -1.37. The van der Waals surface area contributed by atoms with E-state index < -0.39 is 70.7 Å². The van der Waals surface area contributed by atoms with Crippen molar-refractivity contribution in [2.24, 2.45) is 10.9 Å². The number of imidazole rings is 1. The number of thioether (sulfide) groups is 1. The molecule has 7 atom stereocenters. The number of amides is 1. The Morgan fingerprint density at radius 3 is 2.62 bits per heavy atom. The number of carbonyl (C=O) groups excluding carboxylic acids is 1. The van der Waals surface area contributed by atoms with Crippen LogP contribution in [0.5, 0.6) is 0 Å². The quantitative estimate of drug-likeness (QED) is 0.107. The molecule has 0 saturated carbocycles. The van der Waals surface area contributed by atoms with E-state index in [0.29, 0.717) is 5.52 Å². The number of hydrogen-bond donors (Lipinski definition) is 9. The van der Waals surface area contributed by atoms with Crippen molar-refractivity contribution in [2.75, 3.05) is 42.2 Å². The normalized spacial score (nSPS) is 27.7. The average Bonchev–Trinajstić information content (AvgIpc) is 3.59. The second-order valence-electron chi connectivity index (χ2n) is 12.6.